The van der Waals surface area contributed by atoms with Crippen LogP contribution in [0.2, 0.25) is 0 Å². The summed E-state index contributed by atoms with van der Waals surface area (Å²) >= 11 is 0. The molecule has 0 radical (unpaired) electrons. The lowest BCUT2D eigenvalue weighted by atomic mass is 10.3. The Morgan fingerprint density at radius 3 is 2.80 bits per heavy atom. The molecule has 1 aromatic heterocycles. The molecule has 0 amide bonds. The molecule has 0 N–H and O–H groups in total. The standard InChI is InChI=1S/C5H8N4O/c1-3-4(10)5-6-8-9(2)7-5/h3H2,1-2H3. The number of Topliss-reactive ketones (excluding diaryl/α,β-unsaturated/α-hetero) is 1. The number of tetrazole rings is 1. The van der Waals surface area contributed by atoms with Crippen LogP contribution in [0.25, 0.3) is 0 Å². The van der Waals surface area contributed by atoms with E-state index in [2.05, 4.69) is 15.4 Å². The Hall–Kier alpha value is -1.26. The molecule has 0 aliphatic heterocycles. The molecule has 10 heavy (non-hydrogen) atoms. The van der Waals surface area contributed by atoms with Crippen molar-refractivity contribution in [1.82, 2.24) is 20.2 Å². The molecule has 1 aromatic rings. The number of hydrogen-bond acceptors (Lipinski definition) is 4. The van der Waals surface area contributed by atoms with Crippen molar-refractivity contribution in [2.24, 2.45) is 7.05 Å². The third-order valence-corrected chi connectivity index (χ3v) is 1.08. The fourth-order valence-electron chi connectivity index (χ4n) is 0.554. The van der Waals surface area contributed by atoms with Crippen molar-refractivity contribution >= 4 is 5.78 Å². The van der Waals surface area contributed by atoms with E-state index in [1.54, 1.807) is 14.0 Å². The number of hydrogen-bond donors (Lipinski definition) is 0. The summed E-state index contributed by atoms with van der Waals surface area (Å²) in [6.45, 7) is 1.76. The van der Waals surface area contributed by atoms with Gasteiger partial charge in [-0.3, -0.25) is 4.79 Å². The van der Waals surface area contributed by atoms with Gasteiger partial charge in [0.05, 0.1) is 7.05 Å². The second kappa shape index (κ2) is 2.55. The molecule has 0 unspecified atom stereocenters. The Morgan fingerprint density at radius 2 is 2.40 bits per heavy atom. The molecule has 0 bridgehead atoms. The molecule has 0 spiro atoms. The molecule has 0 aliphatic carbocycles. The maximum Gasteiger partial charge on any atom is 0.240 e. The van der Waals surface area contributed by atoms with Gasteiger partial charge in [-0.15, -0.1) is 10.2 Å². The zero-order valence-corrected chi connectivity index (χ0v) is 5.90. The predicted molar refractivity (Wildman–Crippen MR) is 33.4 cm³/mol. The number of rotatable bonds is 2. The van der Waals surface area contributed by atoms with E-state index in [0.717, 1.165) is 0 Å². The Labute approximate surface area is 58.0 Å². The van der Waals surface area contributed by atoms with E-state index in [1.807, 2.05) is 0 Å². The molecule has 1 heterocycles. The molecule has 0 aliphatic rings. The third kappa shape index (κ3) is 1.18. The van der Waals surface area contributed by atoms with Crippen LogP contribution in [0.5, 0.6) is 0 Å². The van der Waals surface area contributed by atoms with E-state index < -0.39 is 0 Å². The van der Waals surface area contributed by atoms with Crippen LogP contribution in [0, 0.1) is 0 Å². The van der Waals surface area contributed by atoms with E-state index in [9.17, 15) is 4.79 Å². The van der Waals surface area contributed by atoms with Crippen molar-refractivity contribution in [2.75, 3.05) is 0 Å². The van der Waals surface area contributed by atoms with Crippen molar-refractivity contribution in [3.8, 4) is 0 Å². The summed E-state index contributed by atoms with van der Waals surface area (Å²) in [4.78, 5) is 12.1. The molecular formula is C5H8N4O. The van der Waals surface area contributed by atoms with Gasteiger partial charge in [-0.25, -0.2) is 0 Å². The lowest BCUT2D eigenvalue weighted by molar-refractivity contribution is 0.0978. The highest BCUT2D eigenvalue weighted by Crippen LogP contribution is 1.90. The number of ketones is 1. The summed E-state index contributed by atoms with van der Waals surface area (Å²) in [5, 5.41) is 10.8. The van der Waals surface area contributed by atoms with Gasteiger partial charge in [-0.05, 0) is 5.21 Å². The number of aryl methyl sites for hydroxylation is 1. The van der Waals surface area contributed by atoms with E-state index in [-0.39, 0.29) is 11.6 Å². The van der Waals surface area contributed by atoms with E-state index in [1.165, 1.54) is 4.80 Å². The van der Waals surface area contributed by atoms with Gasteiger partial charge >= 0.3 is 0 Å². The van der Waals surface area contributed by atoms with Crippen LogP contribution >= 0.6 is 0 Å². The zero-order chi connectivity index (χ0) is 7.56. The summed E-state index contributed by atoms with van der Waals surface area (Å²) in [5.74, 6) is 0.123. The lowest BCUT2D eigenvalue weighted by Crippen LogP contribution is -2.00. The first-order valence-corrected chi connectivity index (χ1v) is 3.01. The van der Waals surface area contributed by atoms with Crippen LogP contribution in [0.4, 0.5) is 0 Å². The van der Waals surface area contributed by atoms with Crippen molar-refractivity contribution in [3.63, 3.8) is 0 Å². The predicted octanol–water partition coefficient (Wildman–Crippen LogP) is -0.197. The van der Waals surface area contributed by atoms with Crippen molar-refractivity contribution in [1.29, 1.82) is 0 Å². The molecule has 0 saturated carbocycles. The van der Waals surface area contributed by atoms with Crippen LogP contribution in [-0.2, 0) is 7.05 Å². The van der Waals surface area contributed by atoms with Crippen LogP contribution < -0.4 is 0 Å². The van der Waals surface area contributed by atoms with Crippen LogP contribution in [0.15, 0.2) is 0 Å². The van der Waals surface area contributed by atoms with Crippen LogP contribution in [0.1, 0.15) is 24.0 Å². The second-order valence-corrected chi connectivity index (χ2v) is 1.88. The molecule has 54 valence electrons. The number of carbonyl (C=O) groups is 1. The second-order valence-electron chi connectivity index (χ2n) is 1.88. The van der Waals surface area contributed by atoms with Gasteiger partial charge in [0.2, 0.25) is 11.6 Å². The molecule has 0 fully saturated rings. The number of aromatic nitrogens is 4. The van der Waals surface area contributed by atoms with E-state index >= 15 is 0 Å². The van der Waals surface area contributed by atoms with E-state index in [0.29, 0.717) is 6.42 Å². The molecule has 1 rings (SSSR count). The monoisotopic (exact) mass is 140 g/mol. The first kappa shape index (κ1) is 6.85. The molecule has 0 atom stereocenters. The Balaban J connectivity index is 2.85. The molecule has 5 heteroatoms. The first-order valence-electron chi connectivity index (χ1n) is 3.01. The maximum absolute atomic E-state index is 10.8. The van der Waals surface area contributed by atoms with Crippen molar-refractivity contribution in [3.05, 3.63) is 5.82 Å². The van der Waals surface area contributed by atoms with Crippen LogP contribution in [0.3, 0.4) is 0 Å². The minimum Gasteiger partial charge on any atom is -0.291 e. The highest BCUT2D eigenvalue weighted by atomic mass is 16.1. The van der Waals surface area contributed by atoms with E-state index in [4.69, 9.17) is 0 Å². The summed E-state index contributed by atoms with van der Waals surface area (Å²) in [6.07, 6.45) is 0.422. The zero-order valence-electron chi connectivity index (χ0n) is 5.90. The molecular weight excluding hydrogens is 132 g/mol. The highest BCUT2D eigenvalue weighted by Gasteiger charge is 2.07. The van der Waals surface area contributed by atoms with Gasteiger partial charge in [0, 0.05) is 6.42 Å². The minimum absolute atomic E-state index is 0.0758. The quantitative estimate of drug-likeness (QED) is 0.534. The van der Waals surface area contributed by atoms with Gasteiger partial charge in [-0.2, -0.15) is 4.80 Å². The van der Waals surface area contributed by atoms with Crippen LogP contribution in [-0.4, -0.2) is 26.0 Å². The first-order chi connectivity index (χ1) is 4.74. The highest BCUT2D eigenvalue weighted by molar-refractivity contribution is 5.91. The molecule has 0 aromatic carbocycles. The number of carbonyl (C=O) groups excluding carboxylic acids is 1. The van der Waals surface area contributed by atoms with Crippen molar-refractivity contribution in [2.45, 2.75) is 13.3 Å². The smallest absolute Gasteiger partial charge is 0.240 e. The lowest BCUT2D eigenvalue weighted by Gasteiger charge is -1.83. The van der Waals surface area contributed by atoms with Crippen molar-refractivity contribution < 1.29 is 4.79 Å². The topological polar surface area (TPSA) is 60.7 Å². The summed E-state index contributed by atoms with van der Waals surface area (Å²) < 4.78 is 0. The SMILES string of the molecule is CCC(=O)c1nnn(C)n1. The fourth-order valence-corrected chi connectivity index (χ4v) is 0.554. The van der Waals surface area contributed by atoms with Gasteiger partial charge in [0.1, 0.15) is 0 Å². The van der Waals surface area contributed by atoms with Gasteiger partial charge < -0.3 is 0 Å². The summed E-state index contributed by atoms with van der Waals surface area (Å²) in [7, 11) is 1.62. The minimum atomic E-state index is -0.0758. The summed E-state index contributed by atoms with van der Waals surface area (Å²) in [6, 6.07) is 0. The number of nitrogens with zero attached hydrogens (tertiary/aromatic N) is 4. The average molecular weight is 140 g/mol. The normalized spacial score (nSPS) is 9.80. The van der Waals surface area contributed by atoms with Gasteiger partial charge in [0.25, 0.3) is 0 Å². The summed E-state index contributed by atoms with van der Waals surface area (Å²) in [5.41, 5.74) is 0. The Bertz CT molecular complexity index is 242. The maximum atomic E-state index is 10.8. The Kier molecular flexibility index (Phi) is 1.75. The fraction of sp³-hybridized carbons (Fsp3) is 0.600. The van der Waals surface area contributed by atoms with Gasteiger partial charge in [-0.1, -0.05) is 6.92 Å². The molecule has 0 saturated heterocycles. The Morgan fingerprint density at radius 1 is 1.70 bits per heavy atom. The third-order valence-electron chi connectivity index (χ3n) is 1.08. The van der Waals surface area contributed by atoms with Gasteiger partial charge in [0.15, 0.2) is 0 Å². The molecule has 5 nitrogen and oxygen atoms in total. The average Bonchev–Trinajstić information content (AvgIpc) is 2.34. The largest absolute Gasteiger partial charge is 0.291 e.